The third-order valence-electron chi connectivity index (χ3n) is 2.81. The van der Waals surface area contributed by atoms with Gasteiger partial charge in [-0.1, -0.05) is 23.7 Å². The van der Waals surface area contributed by atoms with Crippen molar-refractivity contribution < 1.29 is 14.6 Å². The molecule has 0 aliphatic heterocycles. The molecule has 0 spiro atoms. The number of benzene rings is 1. The number of aliphatic hydroxyl groups excluding tert-OH is 1. The maximum absolute atomic E-state index is 9.38. The van der Waals surface area contributed by atoms with E-state index in [2.05, 4.69) is 0 Å². The molecule has 0 bridgehead atoms. The van der Waals surface area contributed by atoms with Gasteiger partial charge in [-0.25, -0.2) is 0 Å². The van der Waals surface area contributed by atoms with Gasteiger partial charge in [0, 0.05) is 37.9 Å². The maximum atomic E-state index is 9.38. The van der Waals surface area contributed by atoms with Gasteiger partial charge < -0.3 is 14.6 Å². The van der Waals surface area contributed by atoms with E-state index < -0.39 is 0 Å². The molecule has 1 aromatic carbocycles. The predicted molar refractivity (Wildman–Crippen MR) is 73.2 cm³/mol. The van der Waals surface area contributed by atoms with E-state index in [4.69, 9.17) is 21.1 Å². The molecule has 0 radical (unpaired) electrons. The molecule has 1 rings (SSSR count). The Labute approximate surface area is 114 Å². The average Bonchev–Trinajstić information content (AvgIpc) is 2.39. The topological polar surface area (TPSA) is 38.7 Å². The van der Waals surface area contributed by atoms with Crippen LogP contribution in [0.2, 0.25) is 5.02 Å². The second-order valence-electron chi connectivity index (χ2n) is 4.18. The highest BCUT2D eigenvalue weighted by molar-refractivity contribution is 6.30. The molecule has 1 aromatic rings. The molecule has 0 aliphatic rings. The normalized spacial score (nSPS) is 12.6. The molecule has 0 saturated heterocycles. The van der Waals surface area contributed by atoms with Crippen molar-refractivity contribution in [2.45, 2.75) is 18.8 Å². The number of ether oxygens (including phenoxy) is 2. The van der Waals surface area contributed by atoms with Gasteiger partial charge in [-0.2, -0.15) is 0 Å². The van der Waals surface area contributed by atoms with Crippen LogP contribution in [0.5, 0.6) is 0 Å². The van der Waals surface area contributed by atoms with Gasteiger partial charge >= 0.3 is 0 Å². The number of halogens is 1. The zero-order valence-electron chi connectivity index (χ0n) is 10.8. The highest BCUT2D eigenvalue weighted by atomic mass is 35.5. The summed E-state index contributed by atoms with van der Waals surface area (Å²) < 4.78 is 10.4. The predicted octanol–water partition coefficient (Wildman–Crippen LogP) is 2.86. The van der Waals surface area contributed by atoms with E-state index in [9.17, 15) is 5.11 Å². The van der Waals surface area contributed by atoms with Gasteiger partial charge in [0.25, 0.3) is 0 Å². The van der Waals surface area contributed by atoms with Crippen molar-refractivity contribution in [3.8, 4) is 0 Å². The van der Waals surface area contributed by atoms with Gasteiger partial charge in [0.05, 0.1) is 6.61 Å². The van der Waals surface area contributed by atoms with E-state index in [1.807, 2.05) is 24.3 Å². The fourth-order valence-electron chi connectivity index (χ4n) is 1.73. The molecule has 1 unspecified atom stereocenters. The Morgan fingerprint density at radius 1 is 1.17 bits per heavy atom. The lowest BCUT2D eigenvalue weighted by Crippen LogP contribution is -2.09. The molecule has 1 atom stereocenters. The molecular formula is C14H21ClO3. The Morgan fingerprint density at radius 2 is 1.89 bits per heavy atom. The number of hydrogen-bond acceptors (Lipinski definition) is 3. The maximum Gasteiger partial charge on any atom is 0.0500 e. The molecule has 0 aliphatic carbocycles. The van der Waals surface area contributed by atoms with Crippen molar-refractivity contribution in [1.29, 1.82) is 0 Å². The monoisotopic (exact) mass is 272 g/mol. The largest absolute Gasteiger partial charge is 0.396 e. The molecule has 18 heavy (non-hydrogen) atoms. The van der Waals surface area contributed by atoms with Crippen molar-refractivity contribution in [2.24, 2.45) is 0 Å². The molecule has 1 N–H and O–H groups in total. The summed E-state index contributed by atoms with van der Waals surface area (Å²) in [6.07, 6.45) is 1.71. The van der Waals surface area contributed by atoms with Crippen molar-refractivity contribution in [3.63, 3.8) is 0 Å². The van der Waals surface area contributed by atoms with Crippen LogP contribution in [0.15, 0.2) is 24.3 Å². The van der Waals surface area contributed by atoms with Crippen LogP contribution in [0.3, 0.4) is 0 Å². The fourth-order valence-corrected chi connectivity index (χ4v) is 1.86. The fraction of sp³-hybridized carbons (Fsp3) is 0.571. The summed E-state index contributed by atoms with van der Waals surface area (Å²) in [7, 11) is 1.68. The Balaban J connectivity index is 2.27. The minimum absolute atomic E-state index is 0.115. The molecule has 4 heteroatoms. The van der Waals surface area contributed by atoms with Gasteiger partial charge in [0.15, 0.2) is 0 Å². The van der Waals surface area contributed by atoms with Crippen LogP contribution in [-0.2, 0) is 9.47 Å². The Bertz CT molecular complexity index is 313. The van der Waals surface area contributed by atoms with Gasteiger partial charge in [-0.3, -0.25) is 0 Å². The lowest BCUT2D eigenvalue weighted by Gasteiger charge is -2.14. The SMILES string of the molecule is COCCCOCCC(CO)c1ccc(Cl)cc1. The molecule has 0 heterocycles. The van der Waals surface area contributed by atoms with E-state index in [1.54, 1.807) is 7.11 Å². The van der Waals surface area contributed by atoms with Crippen molar-refractivity contribution in [2.75, 3.05) is 33.5 Å². The van der Waals surface area contributed by atoms with Crippen LogP contribution in [-0.4, -0.2) is 38.6 Å². The Kier molecular flexibility index (Phi) is 8.01. The first-order valence-corrected chi connectivity index (χ1v) is 6.58. The second kappa shape index (κ2) is 9.34. The molecule has 0 saturated carbocycles. The molecule has 0 aromatic heterocycles. The first-order chi connectivity index (χ1) is 8.77. The molecule has 102 valence electrons. The van der Waals surface area contributed by atoms with E-state index >= 15 is 0 Å². The van der Waals surface area contributed by atoms with Crippen LogP contribution in [0.4, 0.5) is 0 Å². The highest BCUT2D eigenvalue weighted by Crippen LogP contribution is 2.21. The third kappa shape index (κ3) is 5.83. The number of methoxy groups -OCH3 is 1. The first-order valence-electron chi connectivity index (χ1n) is 6.21. The zero-order chi connectivity index (χ0) is 13.2. The zero-order valence-corrected chi connectivity index (χ0v) is 11.5. The number of aliphatic hydroxyl groups is 1. The Hall–Kier alpha value is -0.610. The van der Waals surface area contributed by atoms with E-state index in [0.29, 0.717) is 18.2 Å². The summed E-state index contributed by atoms with van der Waals surface area (Å²) in [4.78, 5) is 0. The third-order valence-corrected chi connectivity index (χ3v) is 3.06. The summed E-state index contributed by atoms with van der Waals surface area (Å²) in [6.45, 7) is 2.20. The summed E-state index contributed by atoms with van der Waals surface area (Å²) in [5, 5.41) is 10.1. The smallest absolute Gasteiger partial charge is 0.0500 e. The number of hydrogen-bond donors (Lipinski definition) is 1. The molecule has 0 fully saturated rings. The van der Waals surface area contributed by atoms with E-state index in [1.165, 1.54) is 0 Å². The first kappa shape index (κ1) is 15.4. The van der Waals surface area contributed by atoms with Crippen LogP contribution >= 0.6 is 11.6 Å². The van der Waals surface area contributed by atoms with Gasteiger partial charge in [-0.05, 0) is 30.5 Å². The lowest BCUT2D eigenvalue weighted by atomic mass is 9.97. The minimum Gasteiger partial charge on any atom is -0.396 e. The summed E-state index contributed by atoms with van der Waals surface area (Å²) >= 11 is 5.84. The Morgan fingerprint density at radius 3 is 2.50 bits per heavy atom. The number of rotatable bonds is 9. The van der Waals surface area contributed by atoms with Crippen LogP contribution in [0.1, 0.15) is 24.3 Å². The van der Waals surface area contributed by atoms with E-state index in [0.717, 1.165) is 25.0 Å². The van der Waals surface area contributed by atoms with Crippen LogP contribution < -0.4 is 0 Å². The van der Waals surface area contributed by atoms with Crippen LogP contribution in [0.25, 0.3) is 0 Å². The van der Waals surface area contributed by atoms with Gasteiger partial charge in [-0.15, -0.1) is 0 Å². The second-order valence-corrected chi connectivity index (χ2v) is 4.61. The highest BCUT2D eigenvalue weighted by Gasteiger charge is 2.10. The average molecular weight is 273 g/mol. The van der Waals surface area contributed by atoms with E-state index in [-0.39, 0.29) is 12.5 Å². The molecule has 0 amide bonds. The van der Waals surface area contributed by atoms with Crippen LogP contribution in [0, 0.1) is 0 Å². The summed E-state index contributed by atoms with van der Waals surface area (Å²) in [5.74, 6) is 0.115. The minimum atomic E-state index is 0.115. The summed E-state index contributed by atoms with van der Waals surface area (Å²) in [6, 6.07) is 7.60. The summed E-state index contributed by atoms with van der Waals surface area (Å²) in [5.41, 5.74) is 1.10. The van der Waals surface area contributed by atoms with Gasteiger partial charge in [0.2, 0.25) is 0 Å². The lowest BCUT2D eigenvalue weighted by molar-refractivity contribution is 0.0937. The van der Waals surface area contributed by atoms with Crippen molar-refractivity contribution in [3.05, 3.63) is 34.9 Å². The standard InChI is InChI=1S/C14H21ClO3/c1-17-8-2-9-18-10-7-13(11-16)12-3-5-14(15)6-4-12/h3-6,13,16H,2,7-11H2,1H3. The molecule has 3 nitrogen and oxygen atoms in total. The van der Waals surface area contributed by atoms with Crippen molar-refractivity contribution in [1.82, 2.24) is 0 Å². The van der Waals surface area contributed by atoms with Crippen molar-refractivity contribution >= 4 is 11.6 Å². The quantitative estimate of drug-likeness (QED) is 0.703. The van der Waals surface area contributed by atoms with Gasteiger partial charge in [0.1, 0.15) is 0 Å². The molecular weight excluding hydrogens is 252 g/mol.